The molecule has 2 heterocycles. The maximum atomic E-state index is 12.3. The van der Waals surface area contributed by atoms with Crippen LogP contribution in [0.4, 0.5) is 5.82 Å². The van der Waals surface area contributed by atoms with Gasteiger partial charge in [0.05, 0.1) is 0 Å². The Labute approximate surface area is 115 Å². The highest BCUT2D eigenvalue weighted by atomic mass is 32.2. The lowest BCUT2D eigenvalue weighted by atomic mass is 10.1. The van der Waals surface area contributed by atoms with Crippen molar-refractivity contribution in [3.05, 3.63) is 11.6 Å². The summed E-state index contributed by atoms with van der Waals surface area (Å²) in [4.78, 5) is 4.66. The van der Waals surface area contributed by atoms with Crippen LogP contribution in [0.3, 0.4) is 0 Å². The molecule has 0 saturated heterocycles. The number of nitrogens with one attached hydrogen (secondary N) is 1. The van der Waals surface area contributed by atoms with Crippen LogP contribution in [0.1, 0.15) is 25.7 Å². The first kappa shape index (κ1) is 12.9. The highest BCUT2D eigenvalue weighted by Gasteiger charge is 2.26. The fourth-order valence-corrected chi connectivity index (χ4v) is 4.66. The van der Waals surface area contributed by atoms with Crippen LogP contribution < -0.4 is 10.5 Å². The second-order valence-corrected chi connectivity index (χ2v) is 7.42. The van der Waals surface area contributed by atoms with E-state index < -0.39 is 10.0 Å². The van der Waals surface area contributed by atoms with Crippen LogP contribution in [0.2, 0.25) is 0 Å². The smallest absolute Gasteiger partial charge is 0.260 e. The Morgan fingerprint density at radius 1 is 1.47 bits per heavy atom. The van der Waals surface area contributed by atoms with Crippen LogP contribution in [-0.4, -0.2) is 24.3 Å². The predicted molar refractivity (Wildman–Crippen MR) is 74.6 cm³/mol. The average Bonchev–Trinajstić information content (AvgIpc) is 3.01. The average molecular weight is 300 g/mol. The molecule has 1 saturated carbocycles. The summed E-state index contributed by atoms with van der Waals surface area (Å²) < 4.78 is 28.9. The Kier molecular flexibility index (Phi) is 3.23. The maximum Gasteiger partial charge on any atom is 0.260 e. The van der Waals surface area contributed by atoms with Gasteiger partial charge in [-0.1, -0.05) is 12.8 Å². The third-order valence-corrected chi connectivity index (χ3v) is 5.75. The van der Waals surface area contributed by atoms with Crippen molar-refractivity contribution in [2.45, 2.75) is 30.7 Å². The van der Waals surface area contributed by atoms with Crippen molar-refractivity contribution in [3.63, 3.8) is 0 Å². The van der Waals surface area contributed by atoms with E-state index in [-0.39, 0.29) is 10.8 Å². The summed E-state index contributed by atoms with van der Waals surface area (Å²) in [6, 6.07) is 0. The Morgan fingerprint density at radius 3 is 2.95 bits per heavy atom. The highest BCUT2D eigenvalue weighted by Crippen LogP contribution is 2.26. The van der Waals surface area contributed by atoms with E-state index >= 15 is 0 Å². The molecule has 3 N–H and O–H groups in total. The van der Waals surface area contributed by atoms with Crippen LogP contribution in [0.15, 0.2) is 16.6 Å². The van der Waals surface area contributed by atoms with Gasteiger partial charge in [0.1, 0.15) is 0 Å². The Balaban J connectivity index is 1.86. The zero-order valence-electron chi connectivity index (χ0n) is 10.4. The molecule has 0 unspecified atom stereocenters. The number of nitrogen functional groups attached to an aromatic ring is 1. The van der Waals surface area contributed by atoms with E-state index in [1.807, 2.05) is 0 Å². The van der Waals surface area contributed by atoms with Gasteiger partial charge in [0.25, 0.3) is 10.0 Å². The molecule has 0 bridgehead atoms. The monoisotopic (exact) mass is 300 g/mol. The summed E-state index contributed by atoms with van der Waals surface area (Å²) in [5.74, 6) is 0.507. The third-order valence-electron chi connectivity index (χ3n) is 3.53. The lowest BCUT2D eigenvalue weighted by molar-refractivity contribution is 0.518. The Morgan fingerprint density at radius 2 is 2.21 bits per heavy atom. The fourth-order valence-electron chi connectivity index (χ4n) is 2.56. The third kappa shape index (κ3) is 2.35. The maximum absolute atomic E-state index is 12.3. The number of nitrogens with zero attached hydrogens (tertiary/aromatic N) is 2. The molecule has 0 amide bonds. The summed E-state index contributed by atoms with van der Waals surface area (Å²) in [5, 5.41) is 1.85. The zero-order valence-corrected chi connectivity index (χ0v) is 12.0. The second kappa shape index (κ2) is 4.77. The van der Waals surface area contributed by atoms with Gasteiger partial charge in [-0.15, -0.1) is 11.3 Å². The van der Waals surface area contributed by atoms with Crippen molar-refractivity contribution < 1.29 is 8.42 Å². The van der Waals surface area contributed by atoms with E-state index in [9.17, 15) is 8.42 Å². The summed E-state index contributed by atoms with van der Waals surface area (Å²) in [6.45, 7) is 0.485. The highest BCUT2D eigenvalue weighted by molar-refractivity contribution is 7.89. The van der Waals surface area contributed by atoms with Crippen molar-refractivity contribution in [3.8, 4) is 0 Å². The standard InChI is InChI=1S/C11H16N4O2S2/c12-9-10(15-5-6-18-11(15)14-9)19(16,17)13-7-8-3-1-2-4-8/h5-6,8,13H,1-4,7,12H2. The fraction of sp³-hybridized carbons (Fsp3) is 0.545. The Hall–Kier alpha value is -1.12. The molecule has 0 radical (unpaired) electrons. The van der Waals surface area contributed by atoms with E-state index in [1.165, 1.54) is 28.6 Å². The molecule has 1 aliphatic carbocycles. The van der Waals surface area contributed by atoms with Crippen molar-refractivity contribution >= 4 is 32.1 Å². The zero-order chi connectivity index (χ0) is 13.5. The van der Waals surface area contributed by atoms with Gasteiger partial charge in [-0.2, -0.15) is 0 Å². The number of sulfonamides is 1. The van der Waals surface area contributed by atoms with Crippen LogP contribution >= 0.6 is 11.3 Å². The molecule has 8 heteroatoms. The number of imidazole rings is 1. The van der Waals surface area contributed by atoms with Crippen molar-refractivity contribution in [2.24, 2.45) is 5.92 Å². The molecule has 1 aliphatic rings. The molecule has 0 atom stereocenters. The van der Waals surface area contributed by atoms with E-state index in [1.54, 1.807) is 11.6 Å². The number of anilines is 1. The molecule has 6 nitrogen and oxygen atoms in total. The predicted octanol–water partition coefficient (Wildman–Crippen LogP) is 1.45. The van der Waals surface area contributed by atoms with Gasteiger partial charge in [-0.05, 0) is 18.8 Å². The van der Waals surface area contributed by atoms with Gasteiger partial charge < -0.3 is 5.73 Å². The lowest BCUT2D eigenvalue weighted by Crippen LogP contribution is -2.29. The number of fused-ring (bicyclic) bond motifs is 1. The number of rotatable bonds is 4. The molecular formula is C11H16N4O2S2. The number of hydrogen-bond donors (Lipinski definition) is 2. The van der Waals surface area contributed by atoms with Crippen molar-refractivity contribution in [1.29, 1.82) is 0 Å². The van der Waals surface area contributed by atoms with Gasteiger partial charge >= 0.3 is 0 Å². The number of aromatic nitrogens is 2. The second-order valence-electron chi connectivity index (χ2n) is 4.86. The summed E-state index contributed by atoms with van der Waals surface area (Å²) in [6.07, 6.45) is 6.25. The van der Waals surface area contributed by atoms with Crippen LogP contribution in [0, 0.1) is 5.92 Å². The first-order valence-electron chi connectivity index (χ1n) is 6.28. The van der Waals surface area contributed by atoms with Gasteiger partial charge in [-0.3, -0.25) is 4.40 Å². The molecule has 0 aliphatic heterocycles. The van der Waals surface area contributed by atoms with Gasteiger partial charge in [0.15, 0.2) is 15.8 Å². The molecule has 3 rings (SSSR count). The lowest BCUT2D eigenvalue weighted by Gasteiger charge is -2.10. The molecule has 0 spiro atoms. The minimum Gasteiger partial charge on any atom is -0.381 e. The van der Waals surface area contributed by atoms with Crippen LogP contribution in [-0.2, 0) is 10.0 Å². The van der Waals surface area contributed by atoms with Crippen LogP contribution in [0.5, 0.6) is 0 Å². The van der Waals surface area contributed by atoms with Crippen LogP contribution in [0.25, 0.3) is 4.96 Å². The van der Waals surface area contributed by atoms with E-state index in [4.69, 9.17) is 5.73 Å². The first-order valence-corrected chi connectivity index (χ1v) is 8.65. The number of thiazole rings is 1. The summed E-state index contributed by atoms with van der Waals surface area (Å²) in [7, 11) is -3.60. The molecule has 0 aromatic carbocycles. The van der Waals surface area contributed by atoms with E-state index in [2.05, 4.69) is 9.71 Å². The van der Waals surface area contributed by atoms with E-state index in [0.29, 0.717) is 17.4 Å². The molecule has 1 fully saturated rings. The van der Waals surface area contributed by atoms with E-state index in [0.717, 1.165) is 12.8 Å². The first-order chi connectivity index (χ1) is 9.08. The van der Waals surface area contributed by atoms with Crippen molar-refractivity contribution in [2.75, 3.05) is 12.3 Å². The minimum absolute atomic E-state index is 0.0572. The SMILES string of the molecule is Nc1nc2sccn2c1S(=O)(=O)NCC1CCCC1. The molecular weight excluding hydrogens is 284 g/mol. The molecule has 2 aromatic heterocycles. The molecule has 2 aromatic rings. The number of nitrogens with two attached hydrogens (primary N) is 1. The summed E-state index contributed by atoms with van der Waals surface area (Å²) in [5.41, 5.74) is 5.72. The normalized spacial score (nSPS) is 17.5. The minimum atomic E-state index is -3.60. The van der Waals surface area contributed by atoms with Gasteiger partial charge in [-0.25, -0.2) is 18.1 Å². The van der Waals surface area contributed by atoms with Gasteiger partial charge in [0, 0.05) is 18.1 Å². The van der Waals surface area contributed by atoms with Gasteiger partial charge in [0.2, 0.25) is 0 Å². The topological polar surface area (TPSA) is 89.5 Å². The quantitative estimate of drug-likeness (QED) is 0.894. The van der Waals surface area contributed by atoms with Crippen molar-refractivity contribution in [1.82, 2.24) is 14.1 Å². The largest absolute Gasteiger partial charge is 0.381 e. The molecule has 104 valence electrons. The number of hydrogen-bond acceptors (Lipinski definition) is 5. The Bertz CT molecular complexity index is 683. The molecule has 19 heavy (non-hydrogen) atoms. The summed E-state index contributed by atoms with van der Waals surface area (Å²) >= 11 is 1.36.